The Morgan fingerprint density at radius 2 is 0.694 bits per heavy atom. The van der Waals surface area contributed by atoms with Gasteiger partial charge < -0.3 is 20.3 Å². The molecular formula is C66H125NO5. The van der Waals surface area contributed by atoms with Crippen LogP contribution in [0.5, 0.6) is 0 Å². The first kappa shape index (κ1) is 70.1. The number of hydrogen-bond donors (Lipinski definition) is 3. The minimum atomic E-state index is -0.668. The largest absolute Gasteiger partial charge is 0.466 e. The lowest BCUT2D eigenvalue weighted by Gasteiger charge is -2.22. The molecule has 0 aromatic heterocycles. The van der Waals surface area contributed by atoms with Crippen LogP contribution < -0.4 is 5.32 Å². The second kappa shape index (κ2) is 61.6. The average molecular weight is 1010 g/mol. The van der Waals surface area contributed by atoms with Gasteiger partial charge in [0.1, 0.15) is 0 Å². The molecule has 0 aromatic carbocycles. The molecule has 0 aliphatic rings. The number of allylic oxidation sites excluding steroid dienone is 6. The van der Waals surface area contributed by atoms with E-state index in [0.29, 0.717) is 25.9 Å². The van der Waals surface area contributed by atoms with Crippen molar-refractivity contribution in [2.75, 3.05) is 13.2 Å². The summed E-state index contributed by atoms with van der Waals surface area (Å²) in [4.78, 5) is 24.6. The van der Waals surface area contributed by atoms with E-state index in [4.69, 9.17) is 4.74 Å². The van der Waals surface area contributed by atoms with E-state index in [1.807, 2.05) is 0 Å². The van der Waals surface area contributed by atoms with E-state index in [1.165, 1.54) is 263 Å². The fourth-order valence-corrected chi connectivity index (χ4v) is 9.96. The van der Waals surface area contributed by atoms with Gasteiger partial charge in [0, 0.05) is 12.8 Å². The maximum atomic E-state index is 12.5. The molecule has 2 unspecified atom stereocenters. The summed E-state index contributed by atoms with van der Waals surface area (Å²) in [7, 11) is 0. The first-order valence-corrected chi connectivity index (χ1v) is 32.2. The zero-order chi connectivity index (χ0) is 52.2. The molecule has 424 valence electrons. The quantitative estimate of drug-likeness (QED) is 0.0320. The van der Waals surface area contributed by atoms with Gasteiger partial charge in [0.25, 0.3) is 0 Å². The molecule has 6 nitrogen and oxygen atoms in total. The average Bonchev–Trinajstić information content (AvgIpc) is 3.38. The van der Waals surface area contributed by atoms with Crippen molar-refractivity contribution in [3.63, 3.8) is 0 Å². The Morgan fingerprint density at radius 3 is 1.10 bits per heavy atom. The van der Waals surface area contributed by atoms with E-state index < -0.39 is 12.1 Å². The first-order chi connectivity index (χ1) is 35.5. The molecule has 0 spiro atoms. The number of aliphatic hydroxyl groups excluding tert-OH is 2. The van der Waals surface area contributed by atoms with Crippen LogP contribution in [-0.4, -0.2) is 47.4 Å². The number of esters is 1. The smallest absolute Gasteiger partial charge is 0.305 e. The van der Waals surface area contributed by atoms with Crippen molar-refractivity contribution in [2.24, 2.45) is 0 Å². The van der Waals surface area contributed by atoms with Crippen molar-refractivity contribution in [1.29, 1.82) is 0 Å². The molecule has 0 heterocycles. The predicted molar refractivity (Wildman–Crippen MR) is 315 cm³/mol. The third-order valence-electron chi connectivity index (χ3n) is 14.9. The van der Waals surface area contributed by atoms with E-state index in [9.17, 15) is 19.8 Å². The highest BCUT2D eigenvalue weighted by atomic mass is 16.5. The summed E-state index contributed by atoms with van der Waals surface area (Å²) in [6.07, 6.45) is 77.3. The van der Waals surface area contributed by atoms with Crippen LogP contribution in [0.2, 0.25) is 0 Å². The molecule has 0 bridgehead atoms. The van der Waals surface area contributed by atoms with Gasteiger partial charge in [-0.3, -0.25) is 9.59 Å². The Balaban J connectivity index is 3.40. The van der Waals surface area contributed by atoms with Gasteiger partial charge in [-0.05, 0) is 83.5 Å². The van der Waals surface area contributed by atoms with Crippen molar-refractivity contribution in [3.05, 3.63) is 36.5 Å². The van der Waals surface area contributed by atoms with E-state index in [0.717, 1.165) is 51.4 Å². The van der Waals surface area contributed by atoms with Crippen molar-refractivity contribution in [1.82, 2.24) is 5.32 Å². The summed E-state index contributed by atoms with van der Waals surface area (Å²) < 4.78 is 5.49. The highest BCUT2D eigenvalue weighted by molar-refractivity contribution is 5.76. The molecule has 0 radical (unpaired) electrons. The Morgan fingerprint density at radius 1 is 0.389 bits per heavy atom. The van der Waals surface area contributed by atoms with Gasteiger partial charge in [-0.1, -0.05) is 288 Å². The summed E-state index contributed by atoms with van der Waals surface area (Å²) in [5.41, 5.74) is 0. The third-order valence-corrected chi connectivity index (χ3v) is 14.9. The number of carbonyl (C=O) groups is 2. The zero-order valence-electron chi connectivity index (χ0n) is 48.4. The highest BCUT2D eigenvalue weighted by Crippen LogP contribution is 2.18. The second-order valence-electron chi connectivity index (χ2n) is 22.1. The van der Waals surface area contributed by atoms with E-state index >= 15 is 0 Å². The van der Waals surface area contributed by atoms with Crippen LogP contribution in [0.3, 0.4) is 0 Å². The Hall–Kier alpha value is -1.92. The van der Waals surface area contributed by atoms with Crippen molar-refractivity contribution < 1.29 is 24.5 Å². The molecule has 3 N–H and O–H groups in total. The van der Waals surface area contributed by atoms with Gasteiger partial charge in [0.2, 0.25) is 5.91 Å². The van der Waals surface area contributed by atoms with E-state index in [1.54, 1.807) is 0 Å². The number of amides is 1. The molecule has 1 amide bonds. The number of aliphatic hydroxyl groups is 2. The summed E-state index contributed by atoms with van der Waals surface area (Å²) in [5.74, 6) is -0.0358. The van der Waals surface area contributed by atoms with Crippen LogP contribution in [0.15, 0.2) is 36.5 Å². The third kappa shape index (κ3) is 57.4. The number of unbranched alkanes of at least 4 members (excludes halogenated alkanes) is 43. The number of rotatable bonds is 60. The minimum Gasteiger partial charge on any atom is -0.466 e. The number of nitrogens with one attached hydrogen (secondary N) is 1. The summed E-state index contributed by atoms with van der Waals surface area (Å²) in [5, 5.41) is 23.3. The molecule has 2 atom stereocenters. The number of ether oxygens (including phenoxy) is 1. The van der Waals surface area contributed by atoms with Crippen LogP contribution >= 0.6 is 0 Å². The molecule has 0 saturated carbocycles. The molecule has 0 aliphatic heterocycles. The lowest BCUT2D eigenvalue weighted by Crippen LogP contribution is -2.45. The number of hydrogen-bond acceptors (Lipinski definition) is 5. The van der Waals surface area contributed by atoms with Crippen molar-refractivity contribution in [3.8, 4) is 0 Å². The monoisotopic (exact) mass is 1010 g/mol. The maximum absolute atomic E-state index is 12.5. The second-order valence-corrected chi connectivity index (χ2v) is 22.1. The van der Waals surface area contributed by atoms with Gasteiger partial charge in [0.05, 0.1) is 25.4 Å². The van der Waals surface area contributed by atoms with Gasteiger partial charge in [0.15, 0.2) is 0 Å². The molecule has 72 heavy (non-hydrogen) atoms. The molecule has 6 heteroatoms. The highest BCUT2D eigenvalue weighted by Gasteiger charge is 2.20. The molecule has 0 aromatic rings. The lowest BCUT2D eigenvalue weighted by molar-refractivity contribution is -0.143. The SMILES string of the molecule is CCCCC/C=C\C/C=C\CCCCCCCCCC(=O)OCCCCCCCCCCCCCC/C=C\CCCCCCCCCC(=O)NC(CO)C(O)CCCCCCCCCCCCCCCCC. The molecule has 0 saturated heterocycles. The van der Waals surface area contributed by atoms with Gasteiger partial charge in [-0.15, -0.1) is 0 Å². The summed E-state index contributed by atoms with van der Waals surface area (Å²) in [6.45, 7) is 4.94. The standard InChI is InChI=1S/C66H125NO5/c1-3-5-7-9-11-13-15-17-19-27-32-36-40-44-48-52-56-60-66(71)72-61-57-53-49-45-41-37-33-29-26-24-22-20-21-23-25-28-31-35-39-43-47-51-55-59-65(70)67-63(62-68)64(69)58-54-50-46-42-38-34-30-18-16-14-12-10-8-6-4-2/h11,13,17,19,23,25,63-64,68-69H,3-10,12,14-16,18,20-22,24,26-62H2,1-2H3,(H,67,70)/b13-11-,19-17-,25-23-. The minimum absolute atomic E-state index is 0.00395. The lowest BCUT2D eigenvalue weighted by atomic mass is 10.0. The summed E-state index contributed by atoms with van der Waals surface area (Å²) >= 11 is 0. The Labute approximate surface area is 449 Å². The fraction of sp³-hybridized carbons (Fsp3) is 0.879. The fourth-order valence-electron chi connectivity index (χ4n) is 9.96. The Bertz CT molecular complexity index is 1170. The predicted octanol–water partition coefficient (Wildman–Crippen LogP) is 20.4. The molecule has 0 aliphatic carbocycles. The van der Waals surface area contributed by atoms with Crippen LogP contribution in [0, 0.1) is 0 Å². The van der Waals surface area contributed by atoms with Gasteiger partial charge >= 0.3 is 5.97 Å². The van der Waals surface area contributed by atoms with Crippen LogP contribution in [0.4, 0.5) is 0 Å². The normalized spacial score (nSPS) is 12.8. The Kier molecular flexibility index (Phi) is 60.0. The topological polar surface area (TPSA) is 95.9 Å². The van der Waals surface area contributed by atoms with Crippen LogP contribution in [-0.2, 0) is 14.3 Å². The van der Waals surface area contributed by atoms with Crippen molar-refractivity contribution in [2.45, 2.75) is 360 Å². The maximum Gasteiger partial charge on any atom is 0.305 e. The van der Waals surface area contributed by atoms with Crippen LogP contribution in [0.25, 0.3) is 0 Å². The van der Waals surface area contributed by atoms with Gasteiger partial charge in [-0.2, -0.15) is 0 Å². The van der Waals surface area contributed by atoms with E-state index in [-0.39, 0.29) is 18.5 Å². The first-order valence-electron chi connectivity index (χ1n) is 32.2. The summed E-state index contributed by atoms with van der Waals surface area (Å²) in [6, 6.07) is -0.546. The number of carbonyl (C=O) groups excluding carboxylic acids is 2. The van der Waals surface area contributed by atoms with Crippen LogP contribution in [0.1, 0.15) is 348 Å². The molecule has 0 fully saturated rings. The van der Waals surface area contributed by atoms with Crippen molar-refractivity contribution >= 4 is 11.9 Å². The zero-order valence-corrected chi connectivity index (χ0v) is 48.4. The van der Waals surface area contributed by atoms with Gasteiger partial charge in [-0.25, -0.2) is 0 Å². The van der Waals surface area contributed by atoms with E-state index in [2.05, 4.69) is 55.6 Å². The molecular weight excluding hydrogens is 887 g/mol. The molecule has 0 rings (SSSR count).